The Morgan fingerprint density at radius 2 is 1.53 bits per heavy atom. The van der Waals surface area contributed by atoms with E-state index in [4.69, 9.17) is 0 Å². The third-order valence-corrected chi connectivity index (χ3v) is 9.10. The van der Waals surface area contributed by atoms with Crippen LogP contribution in [0.4, 0.5) is 5.69 Å². The molecule has 0 bridgehead atoms. The van der Waals surface area contributed by atoms with Crippen LogP contribution in [0.3, 0.4) is 0 Å². The summed E-state index contributed by atoms with van der Waals surface area (Å²) in [5.41, 5.74) is 2.10. The number of anilines is 1. The predicted octanol–water partition coefficient (Wildman–Crippen LogP) is 1.94. The van der Waals surface area contributed by atoms with E-state index in [1.54, 1.807) is 4.90 Å². The Morgan fingerprint density at radius 3 is 2.25 bits per heavy atom. The first-order valence-electron chi connectivity index (χ1n) is 10.6. The van der Waals surface area contributed by atoms with E-state index in [9.17, 15) is 21.6 Å². The lowest BCUT2D eigenvalue weighted by molar-refractivity contribution is 0.0764. The van der Waals surface area contributed by atoms with Crippen molar-refractivity contribution in [3.63, 3.8) is 0 Å². The molecule has 2 aliphatic heterocycles. The van der Waals surface area contributed by atoms with Crippen LogP contribution in [0, 0.1) is 0 Å². The van der Waals surface area contributed by atoms with Crippen molar-refractivity contribution in [1.82, 2.24) is 9.21 Å². The molecule has 0 radical (unpaired) electrons. The average Bonchev–Trinajstić information content (AvgIpc) is 3.05. The number of aryl methyl sites for hydroxylation is 1. The number of nitrogens with zero attached hydrogens (tertiary/aromatic N) is 3. The van der Waals surface area contributed by atoms with Crippen molar-refractivity contribution in [1.29, 1.82) is 0 Å². The van der Waals surface area contributed by atoms with Crippen molar-refractivity contribution in [2.24, 2.45) is 0 Å². The highest BCUT2D eigenvalue weighted by molar-refractivity contribution is 7.92. The molecule has 2 aromatic rings. The summed E-state index contributed by atoms with van der Waals surface area (Å²) in [4.78, 5) is 14.7. The highest BCUT2D eigenvalue weighted by Crippen LogP contribution is 2.31. The maximum atomic E-state index is 13.3. The first kappa shape index (κ1) is 22.8. The third kappa shape index (κ3) is 4.53. The van der Waals surface area contributed by atoms with E-state index in [-0.39, 0.29) is 17.3 Å². The molecule has 2 aliphatic rings. The summed E-state index contributed by atoms with van der Waals surface area (Å²) in [6.07, 6.45) is 3.33. The molecule has 0 atom stereocenters. The maximum absolute atomic E-state index is 13.3. The quantitative estimate of drug-likeness (QED) is 0.671. The van der Waals surface area contributed by atoms with Gasteiger partial charge in [-0.25, -0.2) is 21.1 Å². The van der Waals surface area contributed by atoms with Gasteiger partial charge in [0.1, 0.15) is 0 Å². The van der Waals surface area contributed by atoms with E-state index < -0.39 is 20.0 Å². The molecule has 2 aromatic carbocycles. The molecule has 8 nitrogen and oxygen atoms in total. The number of hydrogen-bond acceptors (Lipinski definition) is 5. The lowest BCUT2D eigenvalue weighted by Crippen LogP contribution is -2.37. The fourth-order valence-electron chi connectivity index (χ4n) is 4.26. The molecule has 0 spiro atoms. The SMILES string of the molecule is CS(=O)(=O)N1CCCN(C(=O)c2ccc(S(=O)(=O)N3CCCc4ccccc43)cc2)CC1. The predicted molar refractivity (Wildman–Crippen MR) is 123 cm³/mol. The molecule has 1 saturated heterocycles. The van der Waals surface area contributed by atoms with Crippen LogP contribution >= 0.6 is 0 Å². The molecule has 4 rings (SSSR count). The van der Waals surface area contributed by atoms with Gasteiger partial charge in [0.2, 0.25) is 10.0 Å². The van der Waals surface area contributed by atoms with Gasteiger partial charge in [0.05, 0.1) is 16.8 Å². The number of benzene rings is 2. The minimum atomic E-state index is -3.74. The van der Waals surface area contributed by atoms with Crippen molar-refractivity contribution < 1.29 is 21.6 Å². The monoisotopic (exact) mass is 477 g/mol. The minimum Gasteiger partial charge on any atom is -0.337 e. The largest absolute Gasteiger partial charge is 0.337 e. The molecule has 0 N–H and O–H groups in total. The van der Waals surface area contributed by atoms with Gasteiger partial charge in [0.15, 0.2) is 0 Å². The Morgan fingerprint density at radius 1 is 0.812 bits per heavy atom. The van der Waals surface area contributed by atoms with Crippen LogP contribution in [-0.2, 0) is 26.5 Å². The summed E-state index contributed by atoms with van der Waals surface area (Å²) >= 11 is 0. The number of hydrogen-bond donors (Lipinski definition) is 0. The molecule has 0 aromatic heterocycles. The first-order valence-corrected chi connectivity index (χ1v) is 13.9. The summed E-state index contributed by atoms with van der Waals surface area (Å²) < 4.78 is 52.9. The Hall–Kier alpha value is -2.43. The second-order valence-corrected chi connectivity index (χ2v) is 12.0. The normalized spacial score (nSPS) is 18.2. The Labute approximate surface area is 189 Å². The van der Waals surface area contributed by atoms with Gasteiger partial charge < -0.3 is 4.90 Å². The topological polar surface area (TPSA) is 95.1 Å². The Bertz CT molecular complexity index is 1210. The van der Waals surface area contributed by atoms with Gasteiger partial charge in [0, 0.05) is 38.3 Å². The van der Waals surface area contributed by atoms with Crippen molar-refractivity contribution in [3.05, 3.63) is 59.7 Å². The fraction of sp³-hybridized carbons (Fsp3) is 0.409. The van der Waals surface area contributed by atoms with Crippen molar-refractivity contribution in [2.75, 3.05) is 43.3 Å². The van der Waals surface area contributed by atoms with Crippen molar-refractivity contribution in [3.8, 4) is 0 Å². The maximum Gasteiger partial charge on any atom is 0.264 e. The van der Waals surface area contributed by atoms with Gasteiger partial charge >= 0.3 is 0 Å². The van der Waals surface area contributed by atoms with E-state index in [0.29, 0.717) is 43.9 Å². The second-order valence-electron chi connectivity index (χ2n) is 8.14. The fourth-order valence-corrected chi connectivity index (χ4v) is 6.67. The standard InChI is InChI=1S/C22H27N3O5S2/c1-31(27,28)24-14-5-13-23(16-17-24)22(26)19-9-11-20(12-10-19)32(29,30)25-15-4-7-18-6-2-3-8-21(18)25/h2-3,6,8-12H,4-5,7,13-17H2,1H3. The third-order valence-electron chi connectivity index (χ3n) is 5.97. The highest BCUT2D eigenvalue weighted by atomic mass is 32.2. The molecule has 32 heavy (non-hydrogen) atoms. The summed E-state index contributed by atoms with van der Waals surface area (Å²) in [6.45, 7) is 1.82. The van der Waals surface area contributed by atoms with E-state index in [0.717, 1.165) is 18.4 Å². The van der Waals surface area contributed by atoms with E-state index >= 15 is 0 Å². The molecule has 2 heterocycles. The number of sulfonamides is 2. The summed E-state index contributed by atoms with van der Waals surface area (Å²) in [6, 6.07) is 13.5. The van der Waals surface area contributed by atoms with Crippen molar-refractivity contribution >= 4 is 31.6 Å². The van der Waals surface area contributed by atoms with Crippen LogP contribution in [0.25, 0.3) is 0 Å². The van der Waals surface area contributed by atoms with E-state index in [2.05, 4.69) is 0 Å². The molecule has 0 saturated carbocycles. The number of rotatable bonds is 4. The lowest BCUT2D eigenvalue weighted by Gasteiger charge is -2.30. The zero-order valence-electron chi connectivity index (χ0n) is 18.0. The summed E-state index contributed by atoms with van der Waals surface area (Å²) in [5, 5.41) is 0. The van der Waals surface area contributed by atoms with Crippen LogP contribution in [0.15, 0.2) is 53.4 Å². The van der Waals surface area contributed by atoms with Gasteiger partial charge in [-0.15, -0.1) is 0 Å². The van der Waals surface area contributed by atoms with Crippen LogP contribution in [0.5, 0.6) is 0 Å². The minimum absolute atomic E-state index is 0.143. The van der Waals surface area contributed by atoms with Crippen LogP contribution in [0.1, 0.15) is 28.8 Å². The molecule has 1 fully saturated rings. The van der Waals surface area contributed by atoms with Crippen LogP contribution < -0.4 is 4.31 Å². The average molecular weight is 478 g/mol. The molecule has 10 heteroatoms. The molecule has 0 unspecified atom stereocenters. The molecular formula is C22H27N3O5S2. The zero-order chi connectivity index (χ0) is 22.9. The van der Waals surface area contributed by atoms with E-state index in [1.807, 2.05) is 24.3 Å². The molecule has 172 valence electrons. The van der Waals surface area contributed by atoms with Gasteiger partial charge in [0.25, 0.3) is 15.9 Å². The summed E-state index contributed by atoms with van der Waals surface area (Å²) in [5.74, 6) is -0.229. The van der Waals surface area contributed by atoms with Crippen molar-refractivity contribution in [2.45, 2.75) is 24.2 Å². The molecular weight excluding hydrogens is 450 g/mol. The molecule has 1 amide bonds. The smallest absolute Gasteiger partial charge is 0.264 e. The van der Waals surface area contributed by atoms with E-state index in [1.165, 1.54) is 39.1 Å². The van der Waals surface area contributed by atoms with Crippen LogP contribution in [0.2, 0.25) is 0 Å². The highest BCUT2D eigenvalue weighted by Gasteiger charge is 2.29. The van der Waals surface area contributed by atoms with Gasteiger partial charge in [-0.3, -0.25) is 9.10 Å². The lowest BCUT2D eigenvalue weighted by atomic mass is 10.0. The van der Waals surface area contributed by atoms with Gasteiger partial charge in [-0.05, 0) is 55.2 Å². The second kappa shape index (κ2) is 8.84. The Balaban J connectivity index is 1.51. The summed E-state index contributed by atoms with van der Waals surface area (Å²) in [7, 11) is -7.03. The Kier molecular flexibility index (Phi) is 6.28. The number of para-hydroxylation sites is 1. The van der Waals surface area contributed by atoms with Gasteiger partial charge in [-0.1, -0.05) is 18.2 Å². The first-order chi connectivity index (χ1) is 15.2. The number of carbonyl (C=O) groups excluding carboxylic acids is 1. The van der Waals surface area contributed by atoms with Crippen LogP contribution in [-0.4, -0.2) is 70.9 Å². The zero-order valence-corrected chi connectivity index (χ0v) is 19.6. The van der Waals surface area contributed by atoms with Gasteiger partial charge in [-0.2, -0.15) is 0 Å². The number of carbonyl (C=O) groups is 1. The number of amides is 1. The molecule has 0 aliphatic carbocycles. The number of fused-ring (bicyclic) bond motifs is 1.